The molecule has 4 nitrogen and oxygen atoms in total. The van der Waals surface area contributed by atoms with Crippen LogP contribution in [0.1, 0.15) is 25.7 Å². The van der Waals surface area contributed by atoms with E-state index in [2.05, 4.69) is 16.7 Å². The number of carbonyl (C=O) groups excluding carboxylic acids is 1. The van der Waals surface area contributed by atoms with Crippen molar-refractivity contribution in [3.63, 3.8) is 0 Å². The molecule has 1 fully saturated rings. The number of urea groups is 1. The van der Waals surface area contributed by atoms with Crippen LogP contribution in [0, 0.1) is 23.0 Å². The fraction of sp³-hybridized carbons (Fsp3) is 0.385. The second kappa shape index (κ2) is 5.22. The molecule has 100 valence electrons. The minimum Gasteiger partial charge on any atom is -0.319 e. The van der Waals surface area contributed by atoms with Crippen LogP contribution in [-0.2, 0) is 0 Å². The van der Waals surface area contributed by atoms with Gasteiger partial charge in [-0.3, -0.25) is 0 Å². The Bertz CT molecular complexity index is 533. The lowest BCUT2D eigenvalue weighted by Crippen LogP contribution is -2.47. The average molecular weight is 265 g/mol. The van der Waals surface area contributed by atoms with Crippen LogP contribution < -0.4 is 10.6 Å². The Labute approximate surface area is 109 Å². The first-order valence-electron chi connectivity index (χ1n) is 6.00. The predicted octanol–water partition coefficient (Wildman–Crippen LogP) is 2.92. The van der Waals surface area contributed by atoms with Gasteiger partial charge in [0, 0.05) is 6.07 Å². The number of nitrogens with one attached hydrogen (secondary N) is 2. The Kier molecular flexibility index (Phi) is 3.65. The lowest BCUT2D eigenvalue weighted by molar-refractivity contribution is 0.244. The molecule has 1 aliphatic rings. The lowest BCUT2D eigenvalue weighted by atomic mass is 10.0. The van der Waals surface area contributed by atoms with Crippen LogP contribution in [0.2, 0.25) is 0 Å². The van der Waals surface area contributed by atoms with Gasteiger partial charge in [0.1, 0.15) is 17.2 Å². The van der Waals surface area contributed by atoms with Gasteiger partial charge in [-0.05, 0) is 37.8 Å². The Morgan fingerprint density at radius 1 is 1.32 bits per heavy atom. The summed E-state index contributed by atoms with van der Waals surface area (Å²) in [5.74, 6) is -1.57. The molecule has 19 heavy (non-hydrogen) atoms. The maximum Gasteiger partial charge on any atom is 0.320 e. The first-order valence-corrected chi connectivity index (χ1v) is 6.00. The van der Waals surface area contributed by atoms with E-state index in [4.69, 9.17) is 5.26 Å². The molecule has 1 aromatic carbocycles. The number of carbonyl (C=O) groups is 1. The summed E-state index contributed by atoms with van der Waals surface area (Å²) < 4.78 is 26.1. The van der Waals surface area contributed by atoms with Crippen molar-refractivity contribution in [3.05, 3.63) is 29.8 Å². The summed E-state index contributed by atoms with van der Waals surface area (Å²) in [4.78, 5) is 11.7. The van der Waals surface area contributed by atoms with Gasteiger partial charge in [0.25, 0.3) is 0 Å². The van der Waals surface area contributed by atoms with E-state index in [-0.39, 0.29) is 5.69 Å². The minimum atomic E-state index is -0.874. The van der Waals surface area contributed by atoms with Gasteiger partial charge in [0.15, 0.2) is 0 Å². The number of anilines is 1. The molecule has 0 aliphatic heterocycles. The van der Waals surface area contributed by atoms with Crippen LogP contribution in [0.5, 0.6) is 0 Å². The number of hydrogen-bond acceptors (Lipinski definition) is 2. The molecule has 0 unspecified atom stereocenters. The highest BCUT2D eigenvalue weighted by Crippen LogP contribution is 2.29. The molecular formula is C13H13F2N3O. The summed E-state index contributed by atoms with van der Waals surface area (Å²) in [5, 5.41) is 13.9. The zero-order chi connectivity index (χ0) is 13.9. The third kappa shape index (κ3) is 2.99. The molecule has 0 heterocycles. The van der Waals surface area contributed by atoms with Crippen molar-refractivity contribution >= 4 is 11.7 Å². The maximum atomic E-state index is 13.4. The van der Waals surface area contributed by atoms with Gasteiger partial charge >= 0.3 is 6.03 Å². The van der Waals surface area contributed by atoms with E-state index < -0.39 is 23.2 Å². The fourth-order valence-corrected chi connectivity index (χ4v) is 2.21. The molecule has 1 saturated carbocycles. The molecule has 0 spiro atoms. The molecule has 6 heteroatoms. The van der Waals surface area contributed by atoms with Crippen molar-refractivity contribution in [3.8, 4) is 6.07 Å². The van der Waals surface area contributed by atoms with Crippen LogP contribution in [0.4, 0.5) is 19.3 Å². The summed E-state index contributed by atoms with van der Waals surface area (Å²) in [6.07, 6.45) is 2.92. The first kappa shape index (κ1) is 13.3. The highest BCUT2D eigenvalue weighted by Gasteiger charge is 2.35. The van der Waals surface area contributed by atoms with Crippen LogP contribution in [0.15, 0.2) is 18.2 Å². The molecular weight excluding hydrogens is 252 g/mol. The molecule has 0 saturated heterocycles. The van der Waals surface area contributed by atoms with Gasteiger partial charge in [-0.2, -0.15) is 5.26 Å². The maximum absolute atomic E-state index is 13.4. The van der Waals surface area contributed by atoms with Gasteiger partial charge in [-0.1, -0.05) is 0 Å². The summed E-state index contributed by atoms with van der Waals surface area (Å²) in [7, 11) is 0. The number of nitriles is 1. The molecule has 0 bridgehead atoms. The summed E-state index contributed by atoms with van der Waals surface area (Å²) in [6, 6.07) is 4.31. The molecule has 2 rings (SSSR count). The predicted molar refractivity (Wildman–Crippen MR) is 65.3 cm³/mol. The monoisotopic (exact) mass is 265 g/mol. The first-order chi connectivity index (χ1) is 9.04. The molecule has 0 radical (unpaired) electrons. The van der Waals surface area contributed by atoms with Crippen molar-refractivity contribution in [1.29, 1.82) is 5.26 Å². The van der Waals surface area contributed by atoms with E-state index in [1.54, 1.807) is 0 Å². The smallest absolute Gasteiger partial charge is 0.319 e. The van der Waals surface area contributed by atoms with Crippen molar-refractivity contribution in [2.45, 2.75) is 31.2 Å². The Balaban J connectivity index is 2.03. The molecule has 0 aromatic heterocycles. The van der Waals surface area contributed by atoms with E-state index in [0.29, 0.717) is 18.9 Å². The zero-order valence-corrected chi connectivity index (χ0v) is 10.2. The standard InChI is InChI=1S/C13H13F2N3O/c14-9-3-4-11(10(15)7-9)17-12(19)18-13(8-16)5-1-2-6-13/h3-4,7H,1-2,5-6H2,(H2,17,18,19). The fourth-order valence-electron chi connectivity index (χ4n) is 2.21. The van der Waals surface area contributed by atoms with Crippen molar-refractivity contribution in [1.82, 2.24) is 5.32 Å². The van der Waals surface area contributed by atoms with Gasteiger partial charge < -0.3 is 10.6 Å². The van der Waals surface area contributed by atoms with Gasteiger partial charge in [-0.25, -0.2) is 13.6 Å². The van der Waals surface area contributed by atoms with E-state index >= 15 is 0 Å². The quantitative estimate of drug-likeness (QED) is 0.863. The Morgan fingerprint density at radius 2 is 2.00 bits per heavy atom. The minimum absolute atomic E-state index is 0.120. The lowest BCUT2D eigenvalue weighted by Gasteiger charge is -2.22. The van der Waals surface area contributed by atoms with E-state index in [0.717, 1.165) is 25.0 Å². The van der Waals surface area contributed by atoms with Gasteiger partial charge in [0.2, 0.25) is 0 Å². The number of hydrogen-bond donors (Lipinski definition) is 2. The topological polar surface area (TPSA) is 64.9 Å². The molecule has 1 aliphatic carbocycles. The molecule has 2 amide bonds. The number of rotatable bonds is 2. The van der Waals surface area contributed by atoms with Crippen molar-refractivity contribution in [2.24, 2.45) is 0 Å². The molecule has 0 atom stereocenters. The second-order valence-electron chi connectivity index (χ2n) is 4.60. The second-order valence-corrected chi connectivity index (χ2v) is 4.60. The third-order valence-corrected chi connectivity index (χ3v) is 3.20. The van der Waals surface area contributed by atoms with Gasteiger partial charge in [0.05, 0.1) is 11.8 Å². The van der Waals surface area contributed by atoms with Crippen LogP contribution in [0.25, 0.3) is 0 Å². The average Bonchev–Trinajstić information content (AvgIpc) is 2.82. The Morgan fingerprint density at radius 3 is 2.58 bits per heavy atom. The highest BCUT2D eigenvalue weighted by molar-refractivity contribution is 5.90. The van der Waals surface area contributed by atoms with Crippen LogP contribution in [0.3, 0.4) is 0 Å². The summed E-state index contributed by atoms with van der Waals surface area (Å²) in [6.45, 7) is 0. The van der Waals surface area contributed by atoms with Crippen LogP contribution in [-0.4, -0.2) is 11.6 Å². The Hall–Kier alpha value is -2.16. The van der Waals surface area contributed by atoms with Crippen LogP contribution >= 0.6 is 0 Å². The van der Waals surface area contributed by atoms with Crippen molar-refractivity contribution in [2.75, 3.05) is 5.32 Å². The number of benzene rings is 1. The van der Waals surface area contributed by atoms with Gasteiger partial charge in [-0.15, -0.1) is 0 Å². The number of nitrogens with zero attached hydrogens (tertiary/aromatic N) is 1. The highest BCUT2D eigenvalue weighted by atomic mass is 19.1. The normalized spacial score (nSPS) is 16.7. The van der Waals surface area contributed by atoms with Crippen molar-refractivity contribution < 1.29 is 13.6 Å². The number of halogens is 2. The van der Waals surface area contributed by atoms with E-state index in [9.17, 15) is 13.6 Å². The third-order valence-electron chi connectivity index (χ3n) is 3.20. The molecule has 1 aromatic rings. The molecule has 2 N–H and O–H groups in total. The SMILES string of the molecule is N#CC1(NC(=O)Nc2ccc(F)cc2F)CCCC1. The van der Waals surface area contributed by atoms with E-state index in [1.807, 2.05) is 0 Å². The zero-order valence-electron chi connectivity index (χ0n) is 10.2. The largest absolute Gasteiger partial charge is 0.320 e. The number of amides is 2. The van der Waals surface area contributed by atoms with E-state index in [1.165, 1.54) is 0 Å². The summed E-state index contributed by atoms with van der Waals surface area (Å²) in [5.41, 5.74) is -0.995. The summed E-state index contributed by atoms with van der Waals surface area (Å²) >= 11 is 0.